The van der Waals surface area contributed by atoms with E-state index in [1.54, 1.807) is 40.4 Å². The molecule has 8 heteroatoms. The van der Waals surface area contributed by atoms with E-state index in [2.05, 4.69) is 0 Å². The van der Waals surface area contributed by atoms with Crippen LogP contribution < -0.4 is 4.31 Å². The first-order valence-corrected chi connectivity index (χ1v) is 13.5. The lowest BCUT2D eigenvalue weighted by Gasteiger charge is -2.31. The molecule has 6 nitrogen and oxygen atoms in total. The Kier molecular flexibility index (Phi) is 8.78. The number of esters is 1. The van der Waals surface area contributed by atoms with Crippen LogP contribution >= 0.6 is 11.6 Å². The van der Waals surface area contributed by atoms with Gasteiger partial charge in [0.2, 0.25) is 0 Å². The molecule has 1 saturated heterocycles. The Bertz CT molecular complexity index is 1210. The van der Waals surface area contributed by atoms with Gasteiger partial charge in [-0.1, -0.05) is 48.0 Å². The molecule has 3 aromatic carbocycles. The number of carbonyl (C=O) groups excluding carboxylic acids is 2. The van der Waals surface area contributed by atoms with Gasteiger partial charge >= 0.3 is 5.97 Å². The summed E-state index contributed by atoms with van der Waals surface area (Å²) in [5.74, 6) is -0.451. The van der Waals surface area contributed by atoms with Crippen LogP contribution in [0.15, 0.2) is 83.8 Å². The van der Waals surface area contributed by atoms with E-state index in [-0.39, 0.29) is 17.8 Å². The van der Waals surface area contributed by atoms with Crippen LogP contribution in [0.1, 0.15) is 35.7 Å². The molecule has 1 unspecified atom stereocenters. The number of anilines is 1. The molecule has 1 heterocycles. The fourth-order valence-corrected chi connectivity index (χ4v) is 5.56. The van der Waals surface area contributed by atoms with E-state index in [1.807, 2.05) is 54.6 Å². The van der Waals surface area contributed by atoms with Crippen molar-refractivity contribution in [2.45, 2.75) is 31.2 Å². The fourth-order valence-electron chi connectivity index (χ4n) is 4.22. The molecular formula is C28H29ClN2O4S. The highest BCUT2D eigenvalue weighted by molar-refractivity contribution is 7.86. The lowest BCUT2D eigenvalue weighted by Crippen LogP contribution is -2.40. The monoisotopic (exact) mass is 524 g/mol. The Morgan fingerprint density at radius 1 is 1.00 bits per heavy atom. The third-order valence-corrected chi connectivity index (χ3v) is 7.84. The summed E-state index contributed by atoms with van der Waals surface area (Å²) in [7, 11) is -1.49. The van der Waals surface area contributed by atoms with Crippen LogP contribution in [0.3, 0.4) is 0 Å². The van der Waals surface area contributed by atoms with Gasteiger partial charge in [-0.25, -0.2) is 4.21 Å². The molecule has 3 aromatic rings. The number of benzene rings is 3. The first-order chi connectivity index (χ1) is 17.5. The average molecular weight is 525 g/mol. The number of hydrogen-bond donors (Lipinski definition) is 0. The summed E-state index contributed by atoms with van der Waals surface area (Å²) in [6.07, 6.45) is 1.18. The number of hydrogen-bond acceptors (Lipinski definition) is 4. The lowest BCUT2D eigenvalue weighted by molar-refractivity contribution is -0.149. The van der Waals surface area contributed by atoms with E-state index in [9.17, 15) is 13.8 Å². The zero-order valence-electron chi connectivity index (χ0n) is 20.1. The van der Waals surface area contributed by atoms with Crippen LogP contribution in [0.4, 0.5) is 5.69 Å². The van der Waals surface area contributed by atoms with E-state index in [0.717, 1.165) is 5.56 Å². The van der Waals surface area contributed by atoms with Crippen molar-refractivity contribution in [2.75, 3.05) is 24.0 Å². The Morgan fingerprint density at radius 2 is 1.69 bits per heavy atom. The molecule has 188 valence electrons. The second kappa shape index (κ2) is 12.2. The van der Waals surface area contributed by atoms with Crippen LogP contribution in [-0.2, 0) is 27.1 Å². The van der Waals surface area contributed by atoms with Crippen LogP contribution in [0, 0.1) is 5.92 Å². The summed E-state index contributed by atoms with van der Waals surface area (Å²) in [6, 6.07) is 23.9. The molecule has 1 atom stereocenters. The molecule has 1 aliphatic rings. The Morgan fingerprint density at radius 3 is 2.36 bits per heavy atom. The maximum atomic E-state index is 13.6. The van der Waals surface area contributed by atoms with E-state index in [4.69, 9.17) is 16.3 Å². The van der Waals surface area contributed by atoms with Crippen LogP contribution in [0.2, 0.25) is 5.02 Å². The van der Waals surface area contributed by atoms with Gasteiger partial charge in [-0.3, -0.25) is 13.9 Å². The van der Waals surface area contributed by atoms with E-state index < -0.39 is 11.0 Å². The normalized spacial score (nSPS) is 14.8. The number of amides is 1. The number of ether oxygens (including phenoxy) is 1. The minimum Gasteiger partial charge on any atom is -0.466 e. The predicted octanol–water partition coefficient (Wildman–Crippen LogP) is 5.48. The third-order valence-electron chi connectivity index (χ3n) is 6.17. The summed E-state index contributed by atoms with van der Waals surface area (Å²) in [4.78, 5) is 27.8. The van der Waals surface area contributed by atoms with Crippen molar-refractivity contribution >= 4 is 40.2 Å². The maximum Gasteiger partial charge on any atom is 0.309 e. The van der Waals surface area contributed by atoms with E-state index in [1.165, 1.54) is 0 Å². The SMILES string of the molecule is CCOC(=O)C1CCN(C(=O)c2cccc(N(Cc3ccc(Cl)cc3)S(=O)c3ccccc3)c2)CC1. The van der Waals surface area contributed by atoms with E-state index >= 15 is 0 Å². The van der Waals surface area contributed by atoms with Gasteiger partial charge in [-0.05, 0) is 67.8 Å². The van der Waals surface area contributed by atoms with Gasteiger partial charge in [0.15, 0.2) is 11.0 Å². The third kappa shape index (κ3) is 6.33. The molecule has 0 aromatic heterocycles. The smallest absolute Gasteiger partial charge is 0.309 e. The quantitative estimate of drug-likeness (QED) is 0.366. The van der Waals surface area contributed by atoms with Crippen molar-refractivity contribution in [3.63, 3.8) is 0 Å². The Balaban J connectivity index is 1.56. The predicted molar refractivity (Wildman–Crippen MR) is 142 cm³/mol. The molecule has 0 N–H and O–H groups in total. The Hall–Kier alpha value is -3.16. The largest absolute Gasteiger partial charge is 0.466 e. The highest BCUT2D eigenvalue weighted by Gasteiger charge is 2.29. The zero-order chi connectivity index (χ0) is 25.5. The average Bonchev–Trinajstić information content (AvgIpc) is 2.93. The van der Waals surface area contributed by atoms with Crippen LogP contribution in [0.5, 0.6) is 0 Å². The first kappa shape index (κ1) is 25.9. The highest BCUT2D eigenvalue weighted by atomic mass is 35.5. The molecule has 4 rings (SSSR count). The summed E-state index contributed by atoms with van der Waals surface area (Å²) in [5, 5.41) is 0.633. The van der Waals surface area contributed by atoms with E-state index in [0.29, 0.717) is 60.3 Å². The van der Waals surface area contributed by atoms with Crippen molar-refractivity contribution in [1.82, 2.24) is 4.90 Å². The van der Waals surface area contributed by atoms with Crippen molar-refractivity contribution in [3.8, 4) is 0 Å². The number of likely N-dealkylation sites (tertiary alicyclic amines) is 1. The number of halogens is 1. The van der Waals surface area contributed by atoms with Crippen molar-refractivity contribution in [3.05, 3.63) is 95.0 Å². The molecule has 0 radical (unpaired) electrons. The zero-order valence-corrected chi connectivity index (χ0v) is 21.7. The first-order valence-electron chi connectivity index (χ1n) is 12.0. The number of rotatable bonds is 8. The molecule has 0 bridgehead atoms. The van der Waals surface area contributed by atoms with Gasteiger partial charge in [-0.15, -0.1) is 0 Å². The van der Waals surface area contributed by atoms with Crippen LogP contribution in [0.25, 0.3) is 0 Å². The molecule has 0 saturated carbocycles. The minimum atomic E-state index is -1.49. The summed E-state index contributed by atoms with van der Waals surface area (Å²) in [6.45, 7) is 3.53. The summed E-state index contributed by atoms with van der Waals surface area (Å²) >= 11 is 6.05. The molecule has 36 heavy (non-hydrogen) atoms. The van der Waals surface area contributed by atoms with Crippen molar-refractivity contribution < 1.29 is 18.5 Å². The van der Waals surface area contributed by atoms with Crippen molar-refractivity contribution in [1.29, 1.82) is 0 Å². The number of piperidine rings is 1. The molecule has 1 aliphatic heterocycles. The number of nitrogens with zero attached hydrogens (tertiary/aromatic N) is 2. The van der Waals surface area contributed by atoms with Gasteiger partial charge < -0.3 is 9.64 Å². The van der Waals surface area contributed by atoms with Gasteiger partial charge in [0, 0.05) is 23.7 Å². The van der Waals surface area contributed by atoms with Crippen LogP contribution in [-0.4, -0.2) is 40.7 Å². The highest BCUT2D eigenvalue weighted by Crippen LogP contribution is 2.27. The topological polar surface area (TPSA) is 66.9 Å². The van der Waals surface area contributed by atoms with Gasteiger partial charge in [0.1, 0.15) is 0 Å². The summed E-state index contributed by atoms with van der Waals surface area (Å²) < 4.78 is 20.5. The lowest BCUT2D eigenvalue weighted by atomic mass is 9.96. The summed E-state index contributed by atoms with van der Waals surface area (Å²) in [5.41, 5.74) is 2.15. The Labute approximate surface area is 219 Å². The second-order valence-corrected chi connectivity index (χ2v) is 10.4. The van der Waals surface area contributed by atoms with Gasteiger partial charge in [0.05, 0.1) is 29.7 Å². The molecule has 1 fully saturated rings. The minimum absolute atomic E-state index is 0.101. The molecule has 1 amide bonds. The van der Waals surface area contributed by atoms with Gasteiger partial charge in [-0.2, -0.15) is 0 Å². The molecule has 0 spiro atoms. The second-order valence-electron chi connectivity index (χ2n) is 8.59. The van der Waals surface area contributed by atoms with Crippen molar-refractivity contribution in [2.24, 2.45) is 5.92 Å². The molecule has 0 aliphatic carbocycles. The van der Waals surface area contributed by atoms with Gasteiger partial charge in [0.25, 0.3) is 5.91 Å². The number of carbonyl (C=O) groups is 2. The fraction of sp³-hybridized carbons (Fsp3) is 0.286. The molecular weight excluding hydrogens is 496 g/mol. The standard InChI is InChI=1S/C28H29ClN2O4S/c1-2-35-28(33)22-15-17-30(18-16-22)27(32)23-7-6-8-25(19-23)31(20-21-11-13-24(29)14-12-21)36(34)26-9-4-3-5-10-26/h3-14,19,22H,2,15-18,20H2,1H3. The maximum absolute atomic E-state index is 13.6.